The van der Waals surface area contributed by atoms with E-state index in [0.29, 0.717) is 19.0 Å². The van der Waals surface area contributed by atoms with E-state index < -0.39 is 0 Å². The zero-order valence-corrected chi connectivity index (χ0v) is 13.3. The first-order chi connectivity index (χ1) is 9.66. The van der Waals surface area contributed by atoms with Crippen molar-refractivity contribution in [3.05, 3.63) is 39.0 Å². The number of carbonyl (C=O) groups is 1. The number of rotatable bonds is 6. The van der Waals surface area contributed by atoms with Crippen molar-refractivity contribution in [2.24, 2.45) is 0 Å². The molecule has 0 aliphatic rings. The molecule has 0 aliphatic carbocycles. The third kappa shape index (κ3) is 4.31. The van der Waals surface area contributed by atoms with Gasteiger partial charge in [-0.25, -0.2) is 9.78 Å². The Labute approximate surface area is 127 Å². The maximum absolute atomic E-state index is 11.8. The summed E-state index contributed by atoms with van der Waals surface area (Å²) in [5, 5.41) is 10.9. The largest absolute Gasteiger partial charge is 0.338 e. The van der Waals surface area contributed by atoms with Gasteiger partial charge in [0, 0.05) is 41.4 Å². The SMILES string of the molecule is C[C@H](CNC(=O)NC[C@@H](C)c1nccs1)c1cccs1. The quantitative estimate of drug-likeness (QED) is 0.859. The van der Waals surface area contributed by atoms with Crippen LogP contribution in [0, 0.1) is 0 Å². The first kappa shape index (κ1) is 15.0. The van der Waals surface area contributed by atoms with E-state index in [4.69, 9.17) is 0 Å². The summed E-state index contributed by atoms with van der Waals surface area (Å²) in [4.78, 5) is 17.3. The van der Waals surface area contributed by atoms with Crippen molar-refractivity contribution >= 4 is 28.7 Å². The minimum atomic E-state index is -0.114. The third-order valence-corrected chi connectivity index (χ3v) is 5.15. The van der Waals surface area contributed by atoms with Gasteiger partial charge in [0.05, 0.1) is 5.01 Å². The fraction of sp³-hybridized carbons (Fsp3) is 0.429. The lowest BCUT2D eigenvalue weighted by Crippen LogP contribution is -2.38. The van der Waals surface area contributed by atoms with Crippen molar-refractivity contribution in [3.8, 4) is 0 Å². The first-order valence-corrected chi connectivity index (χ1v) is 8.37. The van der Waals surface area contributed by atoms with Crippen molar-refractivity contribution in [2.75, 3.05) is 13.1 Å². The highest BCUT2D eigenvalue weighted by atomic mass is 32.1. The third-order valence-electron chi connectivity index (χ3n) is 3.04. The molecule has 0 fully saturated rings. The van der Waals surface area contributed by atoms with Crippen LogP contribution in [0.25, 0.3) is 0 Å². The molecule has 6 heteroatoms. The van der Waals surface area contributed by atoms with Gasteiger partial charge in [0.25, 0.3) is 0 Å². The standard InChI is InChI=1S/C14H19N3OS2/c1-10(12-4-3-6-19-12)8-16-14(18)17-9-11(2)13-15-5-7-20-13/h3-7,10-11H,8-9H2,1-2H3,(H2,16,17,18)/t10-,11-/m1/s1. The molecule has 2 rings (SSSR count). The van der Waals surface area contributed by atoms with Gasteiger partial charge in [-0.05, 0) is 11.4 Å². The number of thiazole rings is 1. The zero-order valence-electron chi connectivity index (χ0n) is 11.6. The molecule has 0 saturated carbocycles. The fourth-order valence-corrected chi connectivity index (χ4v) is 3.28. The van der Waals surface area contributed by atoms with Gasteiger partial charge in [0.1, 0.15) is 0 Å². The molecule has 2 aromatic heterocycles. The molecule has 2 atom stereocenters. The predicted molar refractivity (Wildman–Crippen MR) is 84.7 cm³/mol. The Kier molecular flexibility index (Phi) is 5.55. The van der Waals surface area contributed by atoms with Gasteiger partial charge in [-0.3, -0.25) is 0 Å². The second-order valence-electron chi connectivity index (χ2n) is 4.78. The molecule has 2 N–H and O–H groups in total. The minimum absolute atomic E-state index is 0.114. The van der Waals surface area contributed by atoms with Crippen LogP contribution in [-0.4, -0.2) is 24.1 Å². The number of nitrogens with zero attached hydrogens (tertiary/aromatic N) is 1. The summed E-state index contributed by atoms with van der Waals surface area (Å²) >= 11 is 3.34. The summed E-state index contributed by atoms with van der Waals surface area (Å²) in [7, 11) is 0. The molecule has 20 heavy (non-hydrogen) atoms. The van der Waals surface area contributed by atoms with Gasteiger partial charge in [0.2, 0.25) is 0 Å². The predicted octanol–water partition coefficient (Wildman–Crippen LogP) is 3.41. The molecule has 2 aromatic rings. The van der Waals surface area contributed by atoms with E-state index in [1.807, 2.05) is 11.4 Å². The number of nitrogens with one attached hydrogen (secondary N) is 2. The average Bonchev–Trinajstić information content (AvgIpc) is 3.14. The van der Waals surface area contributed by atoms with Crippen molar-refractivity contribution in [3.63, 3.8) is 0 Å². The highest BCUT2D eigenvalue weighted by molar-refractivity contribution is 7.10. The van der Waals surface area contributed by atoms with E-state index in [-0.39, 0.29) is 11.9 Å². The molecular formula is C14H19N3OS2. The molecule has 0 saturated heterocycles. The van der Waals surface area contributed by atoms with E-state index in [1.54, 1.807) is 28.9 Å². The molecule has 2 amide bonds. The summed E-state index contributed by atoms with van der Waals surface area (Å²) in [6.07, 6.45) is 1.79. The summed E-state index contributed by atoms with van der Waals surface area (Å²) in [5.74, 6) is 0.590. The number of hydrogen-bond donors (Lipinski definition) is 2. The maximum atomic E-state index is 11.8. The van der Waals surface area contributed by atoms with Gasteiger partial charge < -0.3 is 10.6 Å². The summed E-state index contributed by atoms with van der Waals surface area (Å²) < 4.78 is 0. The van der Waals surface area contributed by atoms with Crippen molar-refractivity contribution in [1.82, 2.24) is 15.6 Å². The molecule has 0 aliphatic heterocycles. The monoisotopic (exact) mass is 309 g/mol. The van der Waals surface area contributed by atoms with Crippen LogP contribution in [0.1, 0.15) is 35.6 Å². The lowest BCUT2D eigenvalue weighted by molar-refractivity contribution is 0.240. The van der Waals surface area contributed by atoms with Gasteiger partial charge in [0.15, 0.2) is 0 Å². The molecule has 0 spiro atoms. The number of thiophene rings is 1. The molecule has 4 nitrogen and oxygen atoms in total. The molecule has 108 valence electrons. The topological polar surface area (TPSA) is 54.0 Å². The number of carbonyl (C=O) groups excluding carboxylic acids is 1. The summed E-state index contributed by atoms with van der Waals surface area (Å²) in [5.41, 5.74) is 0. The maximum Gasteiger partial charge on any atom is 0.314 e. The van der Waals surface area contributed by atoms with Crippen LogP contribution in [0.15, 0.2) is 29.1 Å². The highest BCUT2D eigenvalue weighted by Gasteiger charge is 2.11. The van der Waals surface area contributed by atoms with Crippen LogP contribution in [0.3, 0.4) is 0 Å². The van der Waals surface area contributed by atoms with Crippen LogP contribution >= 0.6 is 22.7 Å². The van der Waals surface area contributed by atoms with E-state index in [2.05, 4.69) is 40.9 Å². The average molecular weight is 309 g/mol. The summed E-state index contributed by atoms with van der Waals surface area (Å²) in [6, 6.07) is 4.02. The Morgan fingerprint density at radius 3 is 2.55 bits per heavy atom. The van der Waals surface area contributed by atoms with Crippen molar-refractivity contribution in [2.45, 2.75) is 25.7 Å². The molecular weight excluding hydrogens is 290 g/mol. The number of aromatic nitrogens is 1. The Morgan fingerprint density at radius 2 is 1.95 bits per heavy atom. The fourth-order valence-electron chi connectivity index (χ4n) is 1.79. The van der Waals surface area contributed by atoms with E-state index in [0.717, 1.165) is 5.01 Å². The Hall–Kier alpha value is -1.40. The normalized spacial score (nSPS) is 13.7. The first-order valence-electron chi connectivity index (χ1n) is 6.61. The van der Waals surface area contributed by atoms with Crippen LogP contribution in [0.2, 0.25) is 0 Å². The number of hydrogen-bond acceptors (Lipinski definition) is 4. The Morgan fingerprint density at radius 1 is 1.20 bits per heavy atom. The van der Waals surface area contributed by atoms with Crippen LogP contribution in [-0.2, 0) is 0 Å². The summed E-state index contributed by atoms with van der Waals surface area (Å²) in [6.45, 7) is 5.43. The van der Waals surface area contributed by atoms with E-state index in [1.165, 1.54) is 4.88 Å². The second kappa shape index (κ2) is 7.40. The molecule has 0 unspecified atom stereocenters. The molecule has 0 aromatic carbocycles. The highest BCUT2D eigenvalue weighted by Crippen LogP contribution is 2.19. The number of urea groups is 1. The lowest BCUT2D eigenvalue weighted by Gasteiger charge is -2.13. The van der Waals surface area contributed by atoms with Crippen LogP contribution < -0.4 is 10.6 Å². The van der Waals surface area contributed by atoms with Crippen molar-refractivity contribution < 1.29 is 4.79 Å². The van der Waals surface area contributed by atoms with E-state index >= 15 is 0 Å². The molecule has 0 radical (unpaired) electrons. The van der Waals surface area contributed by atoms with Gasteiger partial charge >= 0.3 is 6.03 Å². The Bertz CT molecular complexity index is 464. The van der Waals surface area contributed by atoms with E-state index in [9.17, 15) is 4.79 Å². The van der Waals surface area contributed by atoms with Crippen molar-refractivity contribution in [1.29, 1.82) is 0 Å². The van der Waals surface area contributed by atoms with Crippen LogP contribution in [0.4, 0.5) is 4.79 Å². The Balaban J connectivity index is 1.68. The lowest BCUT2D eigenvalue weighted by atomic mass is 10.1. The number of amides is 2. The molecule has 2 heterocycles. The van der Waals surface area contributed by atoms with Gasteiger partial charge in [-0.1, -0.05) is 19.9 Å². The zero-order chi connectivity index (χ0) is 14.4. The minimum Gasteiger partial charge on any atom is -0.338 e. The second-order valence-corrected chi connectivity index (χ2v) is 6.68. The van der Waals surface area contributed by atoms with Gasteiger partial charge in [-0.2, -0.15) is 0 Å². The van der Waals surface area contributed by atoms with Gasteiger partial charge in [-0.15, -0.1) is 22.7 Å². The smallest absolute Gasteiger partial charge is 0.314 e. The molecule has 0 bridgehead atoms. The van der Waals surface area contributed by atoms with Crippen LogP contribution in [0.5, 0.6) is 0 Å².